The van der Waals surface area contributed by atoms with Crippen LogP contribution in [0.2, 0.25) is 0 Å². The fraction of sp³-hybridized carbons (Fsp3) is 0.368. The van der Waals surface area contributed by atoms with Crippen LogP contribution >= 0.6 is 11.3 Å². The molecule has 2 unspecified atom stereocenters. The number of ether oxygens (including phenoxy) is 1. The van der Waals surface area contributed by atoms with Gasteiger partial charge in [0.1, 0.15) is 5.56 Å². The molecule has 2 atom stereocenters. The Hall–Kier alpha value is -2.21. The second kappa shape index (κ2) is 7.35. The van der Waals surface area contributed by atoms with E-state index >= 15 is 0 Å². The second-order valence-corrected chi connectivity index (χ2v) is 7.30. The molecule has 1 amide bonds. The summed E-state index contributed by atoms with van der Waals surface area (Å²) >= 11 is 0.983. The molecular weight excluding hydrogens is 341 g/mol. The lowest BCUT2D eigenvalue weighted by Crippen LogP contribution is -2.33. The third-order valence-corrected chi connectivity index (χ3v) is 5.34. The molecule has 0 bridgehead atoms. The van der Waals surface area contributed by atoms with Crippen molar-refractivity contribution >= 4 is 23.2 Å². The maximum Gasteiger partial charge on any atom is 0.342 e. The lowest BCUT2D eigenvalue weighted by atomic mass is 9.84. The Labute approximate surface area is 150 Å². The van der Waals surface area contributed by atoms with Crippen LogP contribution in [0, 0.1) is 11.0 Å². The Morgan fingerprint density at radius 1 is 1.32 bits per heavy atom. The van der Waals surface area contributed by atoms with Gasteiger partial charge in [-0.1, -0.05) is 25.1 Å². The number of thiophene rings is 1. The van der Waals surface area contributed by atoms with Crippen LogP contribution in [0.1, 0.15) is 57.5 Å². The SMILES string of the molecule is CCOC(=O)c1c(F)sc2c1C(NC(=O)c1ccccc1)CC(C)C2. The molecule has 132 valence electrons. The highest BCUT2D eigenvalue weighted by Gasteiger charge is 2.35. The van der Waals surface area contributed by atoms with E-state index in [9.17, 15) is 14.0 Å². The lowest BCUT2D eigenvalue weighted by Gasteiger charge is -2.28. The van der Waals surface area contributed by atoms with Crippen molar-refractivity contribution in [3.8, 4) is 0 Å². The number of nitrogens with one attached hydrogen (secondary N) is 1. The third kappa shape index (κ3) is 3.58. The van der Waals surface area contributed by atoms with Gasteiger partial charge >= 0.3 is 5.97 Å². The zero-order valence-corrected chi connectivity index (χ0v) is 15.0. The van der Waals surface area contributed by atoms with Crippen LogP contribution in [-0.2, 0) is 11.2 Å². The molecular formula is C19H20FNO3S. The van der Waals surface area contributed by atoms with Gasteiger partial charge < -0.3 is 10.1 Å². The van der Waals surface area contributed by atoms with Gasteiger partial charge in [-0.3, -0.25) is 4.79 Å². The molecule has 0 saturated carbocycles. The number of hydrogen-bond acceptors (Lipinski definition) is 4. The van der Waals surface area contributed by atoms with Crippen LogP contribution < -0.4 is 5.32 Å². The van der Waals surface area contributed by atoms with E-state index in [1.165, 1.54) is 0 Å². The molecule has 1 aliphatic rings. The van der Waals surface area contributed by atoms with E-state index in [1.807, 2.05) is 6.07 Å². The van der Waals surface area contributed by atoms with E-state index in [0.29, 0.717) is 29.9 Å². The number of hydrogen-bond donors (Lipinski definition) is 1. The van der Waals surface area contributed by atoms with Crippen molar-refractivity contribution in [2.45, 2.75) is 32.7 Å². The number of halogens is 1. The summed E-state index contributed by atoms with van der Waals surface area (Å²) in [7, 11) is 0. The van der Waals surface area contributed by atoms with Crippen molar-refractivity contribution in [1.82, 2.24) is 5.32 Å². The summed E-state index contributed by atoms with van der Waals surface area (Å²) in [4.78, 5) is 25.6. The van der Waals surface area contributed by atoms with Gasteiger partial charge in [0.2, 0.25) is 0 Å². The van der Waals surface area contributed by atoms with Crippen molar-refractivity contribution in [2.24, 2.45) is 5.92 Å². The van der Waals surface area contributed by atoms with Crippen molar-refractivity contribution in [1.29, 1.82) is 0 Å². The van der Waals surface area contributed by atoms with Crippen LogP contribution in [-0.4, -0.2) is 18.5 Å². The van der Waals surface area contributed by atoms with Gasteiger partial charge in [-0.25, -0.2) is 4.79 Å². The lowest BCUT2D eigenvalue weighted by molar-refractivity contribution is 0.0518. The quantitative estimate of drug-likeness (QED) is 0.834. The number of carbonyl (C=O) groups excluding carboxylic acids is 2. The highest BCUT2D eigenvalue weighted by atomic mass is 32.1. The monoisotopic (exact) mass is 361 g/mol. The van der Waals surface area contributed by atoms with Crippen molar-refractivity contribution in [2.75, 3.05) is 6.61 Å². The van der Waals surface area contributed by atoms with Crippen molar-refractivity contribution in [3.05, 3.63) is 57.0 Å². The van der Waals surface area contributed by atoms with Gasteiger partial charge in [0.15, 0.2) is 5.13 Å². The van der Waals surface area contributed by atoms with Gasteiger partial charge in [-0.15, -0.1) is 11.3 Å². The molecule has 1 aromatic carbocycles. The predicted molar refractivity (Wildman–Crippen MR) is 94.4 cm³/mol. The Kier molecular flexibility index (Phi) is 5.18. The van der Waals surface area contributed by atoms with E-state index in [0.717, 1.165) is 16.2 Å². The minimum absolute atomic E-state index is 0.0212. The number of carbonyl (C=O) groups is 2. The predicted octanol–water partition coefficient (Wildman–Crippen LogP) is 4.12. The van der Waals surface area contributed by atoms with Crippen molar-refractivity contribution < 1.29 is 18.7 Å². The normalized spacial score (nSPS) is 19.2. The standard InChI is InChI=1S/C19H20FNO3S/c1-3-24-19(23)16-15-13(9-11(2)10-14(15)25-17(16)20)21-18(22)12-7-5-4-6-8-12/h4-8,11,13H,3,9-10H2,1-2H3,(H,21,22). The second-order valence-electron chi connectivity index (χ2n) is 6.25. The summed E-state index contributed by atoms with van der Waals surface area (Å²) in [5, 5.41) is 2.43. The van der Waals surface area contributed by atoms with Gasteiger partial charge in [-0.2, -0.15) is 4.39 Å². The Morgan fingerprint density at radius 2 is 2.04 bits per heavy atom. The van der Waals surface area contributed by atoms with Crippen LogP contribution in [0.4, 0.5) is 4.39 Å². The third-order valence-electron chi connectivity index (χ3n) is 4.32. The maximum atomic E-state index is 14.4. The molecule has 1 aromatic heterocycles. The van der Waals surface area contributed by atoms with Crippen LogP contribution in [0.3, 0.4) is 0 Å². The van der Waals surface area contributed by atoms with Gasteiger partial charge in [0.25, 0.3) is 5.91 Å². The average molecular weight is 361 g/mol. The largest absolute Gasteiger partial charge is 0.462 e. The molecule has 2 aromatic rings. The van der Waals surface area contributed by atoms with Crippen LogP contribution in [0.5, 0.6) is 0 Å². The first-order valence-corrected chi connectivity index (χ1v) is 9.17. The fourth-order valence-electron chi connectivity index (χ4n) is 3.26. The summed E-state index contributed by atoms with van der Waals surface area (Å²) in [5.74, 6) is -0.597. The Balaban J connectivity index is 1.94. The van der Waals surface area contributed by atoms with E-state index in [1.54, 1.807) is 31.2 Å². The molecule has 0 saturated heterocycles. The molecule has 1 aliphatic carbocycles. The summed E-state index contributed by atoms with van der Waals surface area (Å²) in [5.41, 5.74) is 1.10. The first-order valence-electron chi connectivity index (χ1n) is 8.35. The van der Waals surface area contributed by atoms with E-state index < -0.39 is 17.1 Å². The highest BCUT2D eigenvalue weighted by molar-refractivity contribution is 7.10. The topological polar surface area (TPSA) is 55.4 Å². The molecule has 6 heteroatoms. The molecule has 25 heavy (non-hydrogen) atoms. The minimum Gasteiger partial charge on any atom is -0.462 e. The zero-order chi connectivity index (χ0) is 18.0. The molecule has 0 aliphatic heterocycles. The number of fused-ring (bicyclic) bond motifs is 1. The summed E-state index contributed by atoms with van der Waals surface area (Å²) in [6.07, 6.45) is 1.36. The molecule has 0 radical (unpaired) electrons. The first-order chi connectivity index (χ1) is 12.0. The Bertz CT molecular complexity index is 787. The van der Waals surface area contributed by atoms with Crippen LogP contribution in [0.25, 0.3) is 0 Å². The Morgan fingerprint density at radius 3 is 2.72 bits per heavy atom. The minimum atomic E-state index is -0.661. The average Bonchev–Trinajstić information content (AvgIpc) is 2.91. The molecule has 0 fully saturated rings. The fourth-order valence-corrected chi connectivity index (χ4v) is 4.49. The molecule has 1 heterocycles. The van der Waals surface area contributed by atoms with Crippen molar-refractivity contribution in [3.63, 3.8) is 0 Å². The van der Waals surface area contributed by atoms with Gasteiger partial charge in [-0.05, 0) is 37.8 Å². The molecule has 4 nitrogen and oxygen atoms in total. The number of esters is 1. The number of amides is 1. The molecule has 3 rings (SSSR count). The van der Waals surface area contributed by atoms with Crippen LogP contribution in [0.15, 0.2) is 30.3 Å². The van der Waals surface area contributed by atoms with Gasteiger partial charge in [0.05, 0.1) is 12.6 Å². The summed E-state index contributed by atoms with van der Waals surface area (Å²) < 4.78 is 19.4. The molecule has 0 spiro atoms. The molecule has 1 N–H and O–H groups in total. The highest BCUT2D eigenvalue weighted by Crippen LogP contribution is 2.41. The van der Waals surface area contributed by atoms with E-state index in [2.05, 4.69) is 12.2 Å². The smallest absolute Gasteiger partial charge is 0.342 e. The zero-order valence-electron chi connectivity index (χ0n) is 14.2. The van der Waals surface area contributed by atoms with E-state index in [-0.39, 0.29) is 18.1 Å². The van der Waals surface area contributed by atoms with Gasteiger partial charge in [0, 0.05) is 16.0 Å². The number of rotatable bonds is 4. The summed E-state index contributed by atoms with van der Waals surface area (Å²) in [6, 6.07) is 8.47. The summed E-state index contributed by atoms with van der Waals surface area (Å²) in [6.45, 7) is 3.93. The maximum absolute atomic E-state index is 14.4. The van der Waals surface area contributed by atoms with E-state index in [4.69, 9.17) is 4.74 Å². The first kappa shape index (κ1) is 17.6. The number of benzene rings is 1.